The van der Waals surface area contributed by atoms with Crippen LogP contribution >= 0.6 is 0 Å². The Labute approximate surface area is 188 Å². The van der Waals surface area contributed by atoms with Crippen molar-refractivity contribution in [2.24, 2.45) is 0 Å². The molecule has 1 amide bonds. The van der Waals surface area contributed by atoms with Crippen LogP contribution in [-0.4, -0.2) is 40.3 Å². The van der Waals surface area contributed by atoms with Crippen molar-refractivity contribution in [3.8, 4) is 0 Å². The molecule has 2 heterocycles. The van der Waals surface area contributed by atoms with E-state index in [4.69, 9.17) is 0 Å². The molecule has 33 heavy (non-hydrogen) atoms. The Hall–Kier alpha value is -3.30. The Morgan fingerprint density at radius 3 is 2.45 bits per heavy atom. The van der Waals surface area contributed by atoms with Crippen LogP contribution in [0.5, 0.6) is 0 Å². The first-order valence-electron chi connectivity index (χ1n) is 10.9. The van der Waals surface area contributed by atoms with E-state index in [1.54, 1.807) is 40.8 Å². The number of hydrogen-bond donors (Lipinski definition) is 3. The second kappa shape index (κ2) is 10.1. The number of alkyl halides is 4. The Kier molecular flexibility index (Phi) is 7.00. The van der Waals surface area contributed by atoms with E-state index in [0.717, 1.165) is 25.7 Å². The molecule has 0 radical (unpaired) electrons. The highest BCUT2D eigenvalue weighted by Crippen LogP contribution is 2.26. The van der Waals surface area contributed by atoms with E-state index in [0.29, 0.717) is 22.7 Å². The molecule has 1 saturated carbocycles. The van der Waals surface area contributed by atoms with E-state index in [1.165, 1.54) is 6.20 Å². The number of halogens is 4. The minimum atomic E-state index is -2.63. The van der Waals surface area contributed by atoms with Crippen molar-refractivity contribution in [3.05, 3.63) is 59.9 Å². The lowest BCUT2D eigenvalue weighted by molar-refractivity contribution is 0.0927. The summed E-state index contributed by atoms with van der Waals surface area (Å²) in [6.45, 7) is -0.524. The molecule has 0 saturated heterocycles. The van der Waals surface area contributed by atoms with Crippen molar-refractivity contribution < 1.29 is 22.4 Å². The summed E-state index contributed by atoms with van der Waals surface area (Å²) in [6, 6.07) is 12.0. The van der Waals surface area contributed by atoms with Gasteiger partial charge in [-0.15, -0.1) is 0 Å². The normalized spacial score (nSPS) is 18.6. The molecule has 3 N–H and O–H groups in total. The predicted molar refractivity (Wildman–Crippen MR) is 118 cm³/mol. The maximum absolute atomic E-state index is 13.0. The number of carbonyl (C=O) groups excluding carboxylic acids is 1. The highest BCUT2D eigenvalue weighted by Gasteiger charge is 2.24. The Morgan fingerprint density at radius 1 is 1.00 bits per heavy atom. The fraction of sp³-hybridized carbons (Fsp3) is 0.391. The molecule has 1 aliphatic carbocycles. The highest BCUT2D eigenvalue weighted by molar-refractivity contribution is 5.99. The maximum Gasteiger partial charge on any atom is 0.281 e. The van der Waals surface area contributed by atoms with Gasteiger partial charge in [0.25, 0.3) is 18.8 Å². The van der Waals surface area contributed by atoms with Crippen molar-refractivity contribution >= 4 is 23.1 Å². The van der Waals surface area contributed by atoms with Crippen LogP contribution in [0.3, 0.4) is 0 Å². The zero-order chi connectivity index (χ0) is 23.4. The molecule has 1 aromatic carbocycles. The first kappa shape index (κ1) is 22.9. The summed E-state index contributed by atoms with van der Waals surface area (Å²) in [5, 5.41) is 9.02. The van der Waals surface area contributed by atoms with Gasteiger partial charge in [-0.25, -0.2) is 22.5 Å². The molecule has 10 heteroatoms. The summed E-state index contributed by atoms with van der Waals surface area (Å²) < 4.78 is 52.7. The number of benzene rings is 1. The molecular formula is C23H25F4N5O. The van der Waals surface area contributed by atoms with Crippen LogP contribution in [-0.2, 0) is 0 Å². The van der Waals surface area contributed by atoms with Gasteiger partial charge >= 0.3 is 0 Å². The Bertz CT molecular complexity index is 1100. The number of anilines is 2. The molecule has 2 aromatic heterocycles. The third-order valence-electron chi connectivity index (χ3n) is 5.77. The summed E-state index contributed by atoms with van der Waals surface area (Å²) in [7, 11) is 0. The van der Waals surface area contributed by atoms with Crippen LogP contribution in [0.25, 0.3) is 5.65 Å². The first-order valence-corrected chi connectivity index (χ1v) is 10.9. The van der Waals surface area contributed by atoms with E-state index in [1.807, 2.05) is 6.07 Å². The molecule has 6 nitrogen and oxygen atoms in total. The molecule has 0 spiro atoms. The lowest BCUT2D eigenvalue weighted by Crippen LogP contribution is -2.40. The summed E-state index contributed by atoms with van der Waals surface area (Å²) in [6.07, 6.45) is -0.776. The molecule has 1 aliphatic rings. The van der Waals surface area contributed by atoms with Crippen LogP contribution in [0.4, 0.5) is 29.1 Å². The summed E-state index contributed by atoms with van der Waals surface area (Å²) >= 11 is 0. The van der Waals surface area contributed by atoms with Gasteiger partial charge in [0.1, 0.15) is 17.2 Å². The fourth-order valence-corrected chi connectivity index (χ4v) is 4.13. The van der Waals surface area contributed by atoms with Crippen LogP contribution in [0.1, 0.15) is 48.2 Å². The van der Waals surface area contributed by atoms with Gasteiger partial charge in [0, 0.05) is 24.0 Å². The van der Waals surface area contributed by atoms with Crippen LogP contribution < -0.4 is 16.0 Å². The Morgan fingerprint density at radius 2 is 1.73 bits per heavy atom. The van der Waals surface area contributed by atoms with Gasteiger partial charge in [0.15, 0.2) is 0 Å². The van der Waals surface area contributed by atoms with Crippen LogP contribution in [0.2, 0.25) is 0 Å². The quantitative estimate of drug-likeness (QED) is 0.407. The largest absolute Gasteiger partial charge is 0.379 e. The van der Waals surface area contributed by atoms with E-state index in [9.17, 15) is 22.4 Å². The topological polar surface area (TPSA) is 70.5 Å². The third-order valence-corrected chi connectivity index (χ3v) is 5.77. The molecule has 1 fully saturated rings. The monoisotopic (exact) mass is 463 g/mol. The molecule has 0 atom stereocenters. The predicted octanol–water partition coefficient (Wildman–Crippen LogP) is 5.10. The standard InChI is InChI=1S/C23H25F4N5O/c24-19(25)12-28-17-5-2-1-4-16(17)23(33)30-15-10-8-14(9-11-15)29-20-6-3-7-21-31-18(22(26)27)13-32(20)21/h1-7,13-15,19,22,28-29H,8-12H2,(H,30,33). The maximum atomic E-state index is 13.0. The number of rotatable bonds is 8. The molecule has 0 aliphatic heterocycles. The molecule has 0 unspecified atom stereocenters. The molecule has 0 bridgehead atoms. The molecule has 176 valence electrons. The van der Waals surface area contributed by atoms with Gasteiger partial charge in [-0.2, -0.15) is 0 Å². The van der Waals surface area contributed by atoms with Crippen molar-refractivity contribution in [1.82, 2.24) is 14.7 Å². The second-order valence-electron chi connectivity index (χ2n) is 8.09. The van der Waals surface area contributed by atoms with Crippen molar-refractivity contribution in [1.29, 1.82) is 0 Å². The first-order chi connectivity index (χ1) is 15.9. The zero-order valence-electron chi connectivity index (χ0n) is 17.8. The van der Waals surface area contributed by atoms with Gasteiger partial charge in [-0.05, 0) is 49.9 Å². The third kappa shape index (κ3) is 5.55. The van der Waals surface area contributed by atoms with Crippen LogP contribution in [0.15, 0.2) is 48.7 Å². The van der Waals surface area contributed by atoms with E-state index in [-0.39, 0.29) is 23.7 Å². The SMILES string of the molecule is O=C(NC1CCC(Nc2cccc3nc(C(F)F)cn23)CC1)c1ccccc1NCC(F)F. The van der Waals surface area contributed by atoms with E-state index >= 15 is 0 Å². The summed E-state index contributed by atoms with van der Waals surface area (Å²) in [4.78, 5) is 16.7. The fourth-order valence-electron chi connectivity index (χ4n) is 4.13. The minimum Gasteiger partial charge on any atom is -0.379 e. The minimum absolute atomic E-state index is 0.0341. The van der Waals surface area contributed by atoms with Crippen LogP contribution in [0, 0.1) is 0 Å². The smallest absolute Gasteiger partial charge is 0.281 e. The Balaban J connectivity index is 1.34. The van der Waals surface area contributed by atoms with E-state index in [2.05, 4.69) is 20.9 Å². The van der Waals surface area contributed by atoms with Gasteiger partial charge < -0.3 is 16.0 Å². The lowest BCUT2D eigenvalue weighted by atomic mass is 9.91. The highest BCUT2D eigenvalue weighted by atomic mass is 19.3. The number of para-hydroxylation sites is 1. The molecular weight excluding hydrogens is 438 g/mol. The average Bonchev–Trinajstić information content (AvgIpc) is 3.25. The van der Waals surface area contributed by atoms with Crippen molar-refractivity contribution in [3.63, 3.8) is 0 Å². The number of carbonyl (C=O) groups is 1. The second-order valence-corrected chi connectivity index (χ2v) is 8.09. The number of fused-ring (bicyclic) bond motifs is 1. The lowest BCUT2D eigenvalue weighted by Gasteiger charge is -2.30. The van der Waals surface area contributed by atoms with Gasteiger partial charge in [0.2, 0.25) is 0 Å². The number of nitrogens with zero attached hydrogens (tertiary/aromatic N) is 2. The summed E-state index contributed by atoms with van der Waals surface area (Å²) in [5.41, 5.74) is 0.900. The van der Waals surface area contributed by atoms with Gasteiger partial charge in [-0.1, -0.05) is 18.2 Å². The number of imidazole rings is 1. The molecule has 3 aromatic rings. The number of amides is 1. The average molecular weight is 463 g/mol. The zero-order valence-corrected chi connectivity index (χ0v) is 17.8. The molecule has 4 rings (SSSR count). The number of pyridine rings is 1. The number of aromatic nitrogens is 2. The number of nitrogens with one attached hydrogen (secondary N) is 3. The van der Waals surface area contributed by atoms with Crippen molar-refractivity contribution in [2.45, 2.75) is 50.6 Å². The number of hydrogen-bond acceptors (Lipinski definition) is 4. The summed E-state index contributed by atoms with van der Waals surface area (Å²) in [5.74, 6) is 0.393. The van der Waals surface area contributed by atoms with Gasteiger partial charge in [-0.3, -0.25) is 9.20 Å². The van der Waals surface area contributed by atoms with E-state index < -0.39 is 19.4 Å². The van der Waals surface area contributed by atoms with Crippen molar-refractivity contribution in [2.75, 3.05) is 17.2 Å². The van der Waals surface area contributed by atoms with Gasteiger partial charge in [0.05, 0.1) is 12.1 Å².